The molecule has 0 spiro atoms. The summed E-state index contributed by atoms with van der Waals surface area (Å²) < 4.78 is 6.85. The van der Waals surface area contributed by atoms with Crippen molar-refractivity contribution in [3.63, 3.8) is 0 Å². The van der Waals surface area contributed by atoms with E-state index in [-0.39, 0.29) is 5.41 Å². The van der Waals surface area contributed by atoms with Gasteiger partial charge in [-0.3, -0.25) is 0 Å². The second-order valence-corrected chi connectivity index (χ2v) is 15.0. The molecule has 0 fully saturated rings. The Hall–Kier alpha value is -2.01. The highest BCUT2D eigenvalue weighted by Gasteiger charge is 2.47. The molecular formula is C24H37NO3Si. The van der Waals surface area contributed by atoms with Gasteiger partial charge in [0.2, 0.25) is 0 Å². The van der Waals surface area contributed by atoms with Crippen molar-refractivity contribution < 1.29 is 14.3 Å². The number of carboxylic acid groups (broad SMARTS) is 1. The van der Waals surface area contributed by atoms with Crippen LogP contribution in [0, 0.1) is 0 Å². The zero-order chi connectivity index (χ0) is 22.0. The molecule has 1 amide bonds. The molecule has 0 aliphatic carbocycles. The van der Waals surface area contributed by atoms with Gasteiger partial charge in [0.15, 0.2) is 0 Å². The minimum absolute atomic E-state index is 0.313. The average Bonchev–Trinajstić information content (AvgIpc) is 2.62. The van der Waals surface area contributed by atoms with Crippen LogP contribution < -0.4 is 9.74 Å². The van der Waals surface area contributed by atoms with Crippen LogP contribution in [0.4, 0.5) is 4.79 Å². The summed E-state index contributed by atoms with van der Waals surface area (Å²) >= 11 is 0. The third kappa shape index (κ3) is 4.77. The molecule has 2 aromatic carbocycles. The summed E-state index contributed by atoms with van der Waals surface area (Å²) in [6.07, 6.45) is -0.994. The van der Waals surface area contributed by atoms with Gasteiger partial charge in [0.25, 0.3) is 8.32 Å². The second kappa shape index (κ2) is 8.78. The Bertz CT molecular complexity index is 837. The molecule has 0 bridgehead atoms. The fourth-order valence-corrected chi connectivity index (χ4v) is 10.1. The number of hydrogen-bond donors (Lipinski definition) is 2. The van der Waals surface area contributed by atoms with Crippen molar-refractivity contribution in [3.05, 3.63) is 42.0 Å². The first-order valence-corrected chi connectivity index (χ1v) is 12.7. The Kier molecular flexibility index (Phi) is 7.04. The lowest BCUT2D eigenvalue weighted by Crippen LogP contribution is -2.50. The molecule has 5 heteroatoms. The maximum atomic E-state index is 11.0. The van der Waals surface area contributed by atoms with Crippen LogP contribution in [0.3, 0.4) is 0 Å². The summed E-state index contributed by atoms with van der Waals surface area (Å²) in [6, 6.07) is 12.6. The number of nitrogens with one attached hydrogen (secondary N) is 1. The van der Waals surface area contributed by atoms with Crippen LogP contribution in [-0.2, 0) is 5.41 Å². The summed E-state index contributed by atoms with van der Waals surface area (Å²) in [5, 5.41) is 13.8. The molecule has 160 valence electrons. The number of rotatable bonds is 8. The highest BCUT2D eigenvalue weighted by Crippen LogP contribution is 2.43. The number of carbonyl (C=O) groups is 1. The molecule has 0 atom stereocenters. The average molecular weight is 416 g/mol. The molecule has 0 heterocycles. The van der Waals surface area contributed by atoms with Gasteiger partial charge in [-0.05, 0) is 45.1 Å². The standard InChI is InChI=1S/C24H37NO3Si/c1-16(2)29(17(3)4,18(5)6)28-20-12-13-21-19(14-20)10-9-11-22(21)24(7,8)15-25-23(26)27/h9-14,16-18,25H,15H2,1-8H3,(H,26,27). The Labute approximate surface area is 176 Å². The van der Waals surface area contributed by atoms with Gasteiger partial charge < -0.3 is 14.8 Å². The van der Waals surface area contributed by atoms with Crippen molar-refractivity contribution in [3.8, 4) is 5.75 Å². The van der Waals surface area contributed by atoms with Crippen LogP contribution >= 0.6 is 0 Å². The predicted octanol–water partition coefficient (Wildman–Crippen LogP) is 6.94. The Balaban J connectivity index is 2.47. The van der Waals surface area contributed by atoms with E-state index in [0.717, 1.165) is 22.1 Å². The lowest BCUT2D eigenvalue weighted by molar-refractivity contribution is 0.192. The number of benzene rings is 2. The van der Waals surface area contributed by atoms with E-state index in [0.29, 0.717) is 23.2 Å². The van der Waals surface area contributed by atoms with Crippen LogP contribution in [0.15, 0.2) is 36.4 Å². The van der Waals surface area contributed by atoms with E-state index in [1.165, 1.54) is 0 Å². The highest BCUT2D eigenvalue weighted by molar-refractivity contribution is 6.78. The SMILES string of the molecule is CC(C)[Si](Oc1ccc2c(C(C)(C)CNC(=O)O)cccc2c1)(C(C)C)C(C)C. The zero-order valence-corrected chi connectivity index (χ0v) is 20.2. The molecule has 29 heavy (non-hydrogen) atoms. The topological polar surface area (TPSA) is 58.6 Å². The molecule has 0 saturated carbocycles. The van der Waals surface area contributed by atoms with Gasteiger partial charge in [0.05, 0.1) is 0 Å². The van der Waals surface area contributed by atoms with E-state index in [4.69, 9.17) is 9.53 Å². The Morgan fingerprint density at radius 2 is 1.62 bits per heavy atom. The largest absolute Gasteiger partial charge is 0.543 e. The highest BCUT2D eigenvalue weighted by atomic mass is 28.4. The monoisotopic (exact) mass is 415 g/mol. The lowest BCUT2D eigenvalue weighted by Gasteiger charge is -2.42. The Morgan fingerprint density at radius 1 is 1.03 bits per heavy atom. The molecule has 0 aliphatic heterocycles. The summed E-state index contributed by atoms with van der Waals surface area (Å²) in [7, 11) is -2.01. The van der Waals surface area contributed by atoms with Crippen molar-refractivity contribution >= 4 is 25.2 Å². The molecule has 2 rings (SSSR count). The first-order chi connectivity index (χ1) is 13.4. The van der Waals surface area contributed by atoms with Crippen molar-refractivity contribution in [1.29, 1.82) is 0 Å². The van der Waals surface area contributed by atoms with E-state index < -0.39 is 14.4 Å². The third-order valence-corrected chi connectivity index (χ3v) is 12.3. The molecular weight excluding hydrogens is 378 g/mol. The second-order valence-electron chi connectivity index (χ2n) is 9.65. The van der Waals surface area contributed by atoms with Crippen LogP contribution in [-0.4, -0.2) is 26.1 Å². The van der Waals surface area contributed by atoms with Crippen LogP contribution in [0.2, 0.25) is 16.6 Å². The van der Waals surface area contributed by atoms with E-state index in [1.807, 2.05) is 6.07 Å². The van der Waals surface area contributed by atoms with Gasteiger partial charge in [-0.2, -0.15) is 0 Å². The predicted molar refractivity (Wildman–Crippen MR) is 125 cm³/mol. The third-order valence-electron chi connectivity index (χ3n) is 6.26. The number of amides is 1. The molecule has 0 aliphatic rings. The van der Waals surface area contributed by atoms with E-state index in [2.05, 4.69) is 91.0 Å². The van der Waals surface area contributed by atoms with Gasteiger partial charge >= 0.3 is 6.09 Å². The van der Waals surface area contributed by atoms with Gasteiger partial charge in [-0.1, -0.05) is 79.7 Å². The molecule has 0 radical (unpaired) electrons. The van der Waals surface area contributed by atoms with Crippen molar-refractivity contribution in [2.75, 3.05) is 6.54 Å². The fourth-order valence-electron chi connectivity index (χ4n) is 4.86. The fraction of sp³-hybridized carbons (Fsp3) is 0.542. The van der Waals surface area contributed by atoms with Crippen LogP contribution in [0.1, 0.15) is 61.0 Å². The van der Waals surface area contributed by atoms with Crippen LogP contribution in [0.5, 0.6) is 5.75 Å². The molecule has 4 nitrogen and oxygen atoms in total. The molecule has 0 aromatic heterocycles. The molecule has 2 aromatic rings. The van der Waals surface area contributed by atoms with Gasteiger partial charge in [-0.25, -0.2) is 4.79 Å². The smallest absolute Gasteiger partial charge is 0.404 e. The first-order valence-electron chi connectivity index (χ1n) is 10.6. The summed E-state index contributed by atoms with van der Waals surface area (Å²) in [5.74, 6) is 0.943. The lowest BCUT2D eigenvalue weighted by atomic mass is 9.81. The first kappa shape index (κ1) is 23.3. The normalized spacial score (nSPS) is 12.8. The van der Waals surface area contributed by atoms with E-state index in [9.17, 15) is 4.79 Å². The molecule has 2 N–H and O–H groups in total. The van der Waals surface area contributed by atoms with Crippen molar-refractivity contribution in [1.82, 2.24) is 5.32 Å². The minimum atomic E-state index is -2.01. The van der Waals surface area contributed by atoms with E-state index >= 15 is 0 Å². The summed E-state index contributed by atoms with van der Waals surface area (Å²) in [5.41, 5.74) is 2.38. The van der Waals surface area contributed by atoms with Gasteiger partial charge in [-0.15, -0.1) is 0 Å². The molecule has 0 unspecified atom stereocenters. The van der Waals surface area contributed by atoms with Crippen molar-refractivity contribution in [2.45, 2.75) is 77.4 Å². The number of fused-ring (bicyclic) bond motifs is 1. The maximum absolute atomic E-state index is 11.0. The summed E-state index contributed by atoms with van der Waals surface area (Å²) in [4.78, 5) is 11.0. The quantitative estimate of drug-likeness (QED) is 0.459. The van der Waals surface area contributed by atoms with Crippen LogP contribution in [0.25, 0.3) is 10.8 Å². The van der Waals surface area contributed by atoms with Gasteiger partial charge in [0, 0.05) is 12.0 Å². The van der Waals surface area contributed by atoms with Gasteiger partial charge in [0.1, 0.15) is 5.75 Å². The minimum Gasteiger partial charge on any atom is -0.543 e. The van der Waals surface area contributed by atoms with E-state index in [1.54, 1.807) is 0 Å². The van der Waals surface area contributed by atoms with Crippen molar-refractivity contribution in [2.24, 2.45) is 0 Å². The Morgan fingerprint density at radius 3 is 2.14 bits per heavy atom. The number of hydrogen-bond acceptors (Lipinski definition) is 2. The summed E-state index contributed by atoms with van der Waals surface area (Å²) in [6.45, 7) is 18.3. The zero-order valence-electron chi connectivity index (χ0n) is 19.2. The molecule has 0 saturated heterocycles. The maximum Gasteiger partial charge on any atom is 0.404 e.